The molecule has 1 heterocycles. The van der Waals surface area contributed by atoms with E-state index in [1.165, 1.54) is 0 Å². The van der Waals surface area contributed by atoms with Crippen LogP contribution in [-0.2, 0) is 0 Å². The average Bonchev–Trinajstić information content (AvgIpc) is 2.52. The Kier molecular flexibility index (Phi) is 10.6. The third kappa shape index (κ3) is 4.76. The van der Waals surface area contributed by atoms with E-state index < -0.39 is 0 Å². The Bertz CT molecular complexity index is 120. The monoisotopic (exact) mass is 187 g/mol. The Morgan fingerprint density at radius 1 is 0.923 bits per heavy atom. The zero-order valence-corrected chi connectivity index (χ0v) is 10.3. The summed E-state index contributed by atoms with van der Waals surface area (Å²) >= 11 is 0. The van der Waals surface area contributed by atoms with Gasteiger partial charge in [0.2, 0.25) is 0 Å². The Balaban J connectivity index is 0. The lowest BCUT2D eigenvalue weighted by Gasteiger charge is -2.13. The second-order valence-corrected chi connectivity index (χ2v) is 2.37. The van der Waals surface area contributed by atoms with E-state index >= 15 is 0 Å². The van der Waals surface area contributed by atoms with Crippen LogP contribution in [0.5, 0.6) is 0 Å². The van der Waals surface area contributed by atoms with Gasteiger partial charge in [-0.05, 0) is 0 Å². The van der Waals surface area contributed by atoms with E-state index in [0.717, 1.165) is 19.0 Å². The van der Waals surface area contributed by atoms with Crippen molar-refractivity contribution in [1.29, 1.82) is 0 Å². The van der Waals surface area contributed by atoms with E-state index in [9.17, 15) is 0 Å². The van der Waals surface area contributed by atoms with Crippen molar-refractivity contribution in [3.63, 3.8) is 0 Å². The van der Waals surface area contributed by atoms with Crippen LogP contribution in [0.1, 0.15) is 27.7 Å². The topological polar surface area (TPSA) is 18.8 Å². The molecule has 0 saturated carbocycles. The smallest absolute Gasteiger partial charge is 0.195 e. The molecule has 1 fully saturated rings. The van der Waals surface area contributed by atoms with Crippen LogP contribution in [0.4, 0.5) is 0 Å². The number of likely N-dealkylation sites (N-methyl/N-ethyl adjacent to an activating group) is 2. The van der Waals surface area contributed by atoms with Gasteiger partial charge in [-0.25, -0.2) is 0 Å². The number of aliphatic imine (C=N–C) groups is 1. The molecule has 0 aromatic rings. The van der Waals surface area contributed by atoms with Crippen molar-refractivity contribution in [3.8, 4) is 0 Å². The fraction of sp³-hybridized carbons (Fsp3) is 0.900. The van der Waals surface area contributed by atoms with Crippen LogP contribution in [-0.4, -0.2) is 50.0 Å². The highest BCUT2D eigenvalue weighted by atomic mass is 15.4. The van der Waals surface area contributed by atoms with E-state index in [1.807, 2.05) is 34.7 Å². The fourth-order valence-electron chi connectivity index (χ4n) is 1.13. The summed E-state index contributed by atoms with van der Waals surface area (Å²) in [6, 6.07) is 0. The van der Waals surface area contributed by atoms with Crippen LogP contribution in [0, 0.1) is 0 Å². The first-order valence-electron chi connectivity index (χ1n) is 5.14. The van der Waals surface area contributed by atoms with Gasteiger partial charge in [0.05, 0.1) is 0 Å². The predicted octanol–water partition coefficient (Wildman–Crippen LogP) is 1.90. The minimum atomic E-state index is 1.09. The van der Waals surface area contributed by atoms with Gasteiger partial charge in [-0.2, -0.15) is 0 Å². The summed E-state index contributed by atoms with van der Waals surface area (Å²) in [7, 11) is 5.95. The van der Waals surface area contributed by atoms with Gasteiger partial charge >= 0.3 is 0 Å². The number of hydrogen-bond donors (Lipinski definition) is 0. The molecule has 0 atom stereocenters. The highest BCUT2D eigenvalue weighted by Gasteiger charge is 2.17. The summed E-state index contributed by atoms with van der Waals surface area (Å²) in [5, 5.41) is 0. The standard InChI is InChI=1S/C6H13N3.2C2H6/c1-7-6-8(2)4-5-9(6)3;2*1-2/h4-5H2,1-3H3;2*1-2H3. The van der Waals surface area contributed by atoms with Gasteiger partial charge in [-0.1, -0.05) is 27.7 Å². The van der Waals surface area contributed by atoms with Crippen LogP contribution in [0.25, 0.3) is 0 Å². The molecule has 0 aliphatic carbocycles. The molecule has 0 amide bonds. The molecule has 1 aliphatic rings. The zero-order chi connectivity index (χ0) is 10.9. The Labute approximate surface area is 83.4 Å². The van der Waals surface area contributed by atoms with Crippen LogP contribution < -0.4 is 0 Å². The lowest BCUT2D eigenvalue weighted by atomic mass is 10.6. The summed E-state index contributed by atoms with van der Waals surface area (Å²) in [6.07, 6.45) is 0. The SMILES string of the molecule is CC.CC.CN=C1N(C)CCN1C. The van der Waals surface area contributed by atoms with E-state index in [2.05, 4.69) is 28.9 Å². The van der Waals surface area contributed by atoms with Crippen LogP contribution in [0.15, 0.2) is 4.99 Å². The van der Waals surface area contributed by atoms with Gasteiger partial charge in [-0.15, -0.1) is 0 Å². The number of rotatable bonds is 0. The van der Waals surface area contributed by atoms with Gasteiger partial charge in [0, 0.05) is 34.2 Å². The minimum absolute atomic E-state index is 1.09. The zero-order valence-electron chi connectivity index (χ0n) is 10.3. The Morgan fingerprint density at radius 3 is 1.38 bits per heavy atom. The Morgan fingerprint density at radius 2 is 1.23 bits per heavy atom. The average molecular weight is 187 g/mol. The molecule has 1 aliphatic heterocycles. The third-order valence-electron chi connectivity index (χ3n) is 1.65. The molecule has 3 heteroatoms. The molecule has 0 unspecified atom stereocenters. The van der Waals surface area contributed by atoms with Crippen LogP contribution in [0.2, 0.25) is 0 Å². The molecule has 0 radical (unpaired) electrons. The molecule has 1 rings (SSSR count). The first-order valence-corrected chi connectivity index (χ1v) is 5.14. The van der Waals surface area contributed by atoms with Crippen molar-refractivity contribution in [2.45, 2.75) is 27.7 Å². The van der Waals surface area contributed by atoms with Gasteiger partial charge in [-0.3, -0.25) is 4.99 Å². The van der Waals surface area contributed by atoms with E-state index in [1.54, 1.807) is 0 Å². The maximum atomic E-state index is 4.12. The van der Waals surface area contributed by atoms with Gasteiger partial charge in [0.25, 0.3) is 0 Å². The molecule has 1 saturated heterocycles. The first-order chi connectivity index (χ1) is 6.25. The third-order valence-corrected chi connectivity index (χ3v) is 1.65. The number of guanidine groups is 1. The van der Waals surface area contributed by atoms with Crippen molar-refractivity contribution >= 4 is 5.96 Å². The lowest BCUT2D eigenvalue weighted by molar-refractivity contribution is 0.553. The van der Waals surface area contributed by atoms with Crippen LogP contribution >= 0.6 is 0 Å². The minimum Gasteiger partial charge on any atom is -0.344 e. The first kappa shape index (κ1) is 14.8. The fourth-order valence-corrected chi connectivity index (χ4v) is 1.13. The summed E-state index contributed by atoms with van der Waals surface area (Å²) in [4.78, 5) is 8.42. The normalized spacial score (nSPS) is 14.2. The molecule has 0 spiro atoms. The highest BCUT2D eigenvalue weighted by Crippen LogP contribution is 2.01. The summed E-state index contributed by atoms with van der Waals surface area (Å²) in [6.45, 7) is 10.2. The Hall–Kier alpha value is -0.730. The molecule has 0 bridgehead atoms. The molecule has 3 nitrogen and oxygen atoms in total. The molecular formula is C10H25N3. The quantitative estimate of drug-likeness (QED) is 0.577. The maximum absolute atomic E-state index is 4.12. The molecule has 0 N–H and O–H groups in total. The largest absolute Gasteiger partial charge is 0.344 e. The number of hydrogen-bond acceptors (Lipinski definition) is 1. The second kappa shape index (κ2) is 9.36. The predicted molar refractivity (Wildman–Crippen MR) is 61.3 cm³/mol. The van der Waals surface area contributed by atoms with Crippen molar-refractivity contribution in [1.82, 2.24) is 9.80 Å². The van der Waals surface area contributed by atoms with Crippen molar-refractivity contribution < 1.29 is 0 Å². The lowest BCUT2D eigenvalue weighted by Crippen LogP contribution is -2.27. The highest BCUT2D eigenvalue weighted by molar-refractivity contribution is 5.81. The van der Waals surface area contributed by atoms with Crippen molar-refractivity contribution in [2.75, 3.05) is 34.2 Å². The number of nitrogens with zero attached hydrogens (tertiary/aromatic N) is 3. The van der Waals surface area contributed by atoms with E-state index in [4.69, 9.17) is 0 Å². The summed E-state index contributed by atoms with van der Waals surface area (Å²) in [5.74, 6) is 1.09. The summed E-state index contributed by atoms with van der Waals surface area (Å²) in [5.41, 5.74) is 0. The van der Waals surface area contributed by atoms with E-state index in [-0.39, 0.29) is 0 Å². The van der Waals surface area contributed by atoms with E-state index in [0.29, 0.717) is 0 Å². The van der Waals surface area contributed by atoms with Gasteiger partial charge in [0.15, 0.2) is 5.96 Å². The van der Waals surface area contributed by atoms with Crippen molar-refractivity contribution in [3.05, 3.63) is 0 Å². The molecule has 80 valence electrons. The maximum Gasteiger partial charge on any atom is 0.195 e. The molecule has 0 aromatic heterocycles. The summed E-state index contributed by atoms with van der Waals surface area (Å²) < 4.78 is 0. The van der Waals surface area contributed by atoms with Gasteiger partial charge in [0.1, 0.15) is 0 Å². The van der Waals surface area contributed by atoms with Crippen molar-refractivity contribution in [2.24, 2.45) is 4.99 Å². The van der Waals surface area contributed by atoms with Crippen LogP contribution in [0.3, 0.4) is 0 Å². The van der Waals surface area contributed by atoms with Gasteiger partial charge < -0.3 is 9.80 Å². The molecular weight excluding hydrogens is 162 g/mol. The second-order valence-electron chi connectivity index (χ2n) is 2.37. The molecule has 0 aromatic carbocycles. The molecule has 13 heavy (non-hydrogen) atoms.